The van der Waals surface area contributed by atoms with Crippen molar-refractivity contribution in [2.24, 2.45) is 0 Å². The Morgan fingerprint density at radius 1 is 1.35 bits per heavy atom. The highest BCUT2D eigenvalue weighted by atomic mass is 32.1. The van der Waals surface area contributed by atoms with E-state index in [0.717, 1.165) is 43.2 Å². The molecule has 0 aromatic carbocycles. The van der Waals surface area contributed by atoms with Crippen LogP contribution >= 0.6 is 11.3 Å². The summed E-state index contributed by atoms with van der Waals surface area (Å²) in [5.41, 5.74) is 2.71. The maximum Gasteiger partial charge on any atom is 0.341 e. The van der Waals surface area contributed by atoms with Gasteiger partial charge in [0.15, 0.2) is 0 Å². The Balaban J connectivity index is 1.72. The maximum absolute atomic E-state index is 12.5. The lowest BCUT2D eigenvalue weighted by Crippen LogP contribution is -2.17. The number of aromatic nitrogens is 2. The molecule has 0 atom stereocenters. The maximum atomic E-state index is 12.5. The zero-order valence-electron chi connectivity index (χ0n) is 15.3. The summed E-state index contributed by atoms with van der Waals surface area (Å²) in [6, 6.07) is 0. The number of esters is 1. The second kappa shape index (κ2) is 8.49. The van der Waals surface area contributed by atoms with Crippen LogP contribution in [0.3, 0.4) is 0 Å². The molecule has 1 N–H and O–H groups in total. The summed E-state index contributed by atoms with van der Waals surface area (Å²) in [6.45, 7) is 4.85. The van der Waals surface area contributed by atoms with Gasteiger partial charge < -0.3 is 10.1 Å². The van der Waals surface area contributed by atoms with Gasteiger partial charge in [-0.25, -0.2) is 4.79 Å². The number of carbonyl (C=O) groups excluding carboxylic acids is 2. The van der Waals surface area contributed by atoms with Gasteiger partial charge in [0.25, 0.3) is 0 Å². The summed E-state index contributed by atoms with van der Waals surface area (Å²) in [7, 11) is 0. The first-order valence-corrected chi connectivity index (χ1v) is 10.0. The summed E-state index contributed by atoms with van der Waals surface area (Å²) in [6.07, 6.45) is 8.82. The number of nitrogens with zero attached hydrogens (tertiary/aromatic N) is 2. The summed E-state index contributed by atoms with van der Waals surface area (Å²) >= 11 is 1.52. The number of fused-ring (bicyclic) bond motifs is 1. The van der Waals surface area contributed by atoms with Gasteiger partial charge in [-0.05, 0) is 50.2 Å². The quantitative estimate of drug-likeness (QED) is 0.749. The molecular weight excluding hydrogens is 350 g/mol. The van der Waals surface area contributed by atoms with Crippen molar-refractivity contribution in [3.05, 3.63) is 34.0 Å². The molecule has 0 saturated carbocycles. The topological polar surface area (TPSA) is 73.2 Å². The highest BCUT2D eigenvalue weighted by molar-refractivity contribution is 7.17. The minimum atomic E-state index is -0.316. The molecule has 2 heterocycles. The van der Waals surface area contributed by atoms with Gasteiger partial charge in [-0.2, -0.15) is 5.10 Å². The van der Waals surface area contributed by atoms with Crippen LogP contribution in [0.1, 0.15) is 59.0 Å². The molecule has 0 spiro atoms. The minimum Gasteiger partial charge on any atom is -0.462 e. The van der Waals surface area contributed by atoms with Gasteiger partial charge in [-0.3, -0.25) is 9.48 Å². The van der Waals surface area contributed by atoms with Crippen LogP contribution < -0.4 is 5.32 Å². The van der Waals surface area contributed by atoms with Crippen molar-refractivity contribution in [1.82, 2.24) is 9.78 Å². The number of thiophene rings is 1. The van der Waals surface area contributed by atoms with Crippen LogP contribution in [0.5, 0.6) is 0 Å². The van der Waals surface area contributed by atoms with E-state index in [1.54, 1.807) is 10.9 Å². The highest BCUT2D eigenvalue weighted by Crippen LogP contribution is 2.38. The fraction of sp³-hybridized carbons (Fsp3) is 0.526. The van der Waals surface area contributed by atoms with Gasteiger partial charge in [0.2, 0.25) is 5.91 Å². The van der Waals surface area contributed by atoms with E-state index in [0.29, 0.717) is 30.1 Å². The average Bonchev–Trinajstić information content (AvgIpc) is 3.20. The van der Waals surface area contributed by atoms with E-state index in [4.69, 9.17) is 4.74 Å². The molecule has 1 aliphatic rings. The number of nitrogens with one attached hydrogen (secondary N) is 1. The monoisotopic (exact) mass is 375 g/mol. The van der Waals surface area contributed by atoms with E-state index in [9.17, 15) is 9.59 Å². The molecule has 0 radical (unpaired) electrons. The summed E-state index contributed by atoms with van der Waals surface area (Å²) < 4.78 is 7.11. The fourth-order valence-corrected chi connectivity index (χ4v) is 4.42. The number of amides is 1. The van der Waals surface area contributed by atoms with Gasteiger partial charge in [0, 0.05) is 24.0 Å². The molecule has 1 amide bonds. The Bertz CT molecular complexity index is 794. The first-order chi connectivity index (χ1) is 12.6. The fourth-order valence-electron chi connectivity index (χ4n) is 3.13. The minimum absolute atomic E-state index is 0.110. The zero-order chi connectivity index (χ0) is 18.5. The molecule has 140 valence electrons. The number of carbonyl (C=O) groups is 2. The van der Waals surface area contributed by atoms with Crippen molar-refractivity contribution in [2.45, 2.75) is 58.9 Å². The smallest absolute Gasteiger partial charge is 0.341 e. The Labute approximate surface area is 157 Å². The molecule has 2 aromatic heterocycles. The third-order valence-electron chi connectivity index (χ3n) is 4.40. The van der Waals surface area contributed by atoms with Crippen molar-refractivity contribution in [1.29, 1.82) is 0 Å². The summed E-state index contributed by atoms with van der Waals surface area (Å²) in [4.78, 5) is 26.1. The largest absolute Gasteiger partial charge is 0.462 e. The first kappa shape index (κ1) is 18.6. The summed E-state index contributed by atoms with van der Waals surface area (Å²) in [5.74, 6) is -0.425. The van der Waals surface area contributed by atoms with E-state index in [1.165, 1.54) is 16.2 Å². The molecule has 3 rings (SSSR count). The average molecular weight is 375 g/mol. The number of aryl methyl sites for hydroxylation is 3. The van der Waals surface area contributed by atoms with Crippen LogP contribution in [0.4, 0.5) is 5.00 Å². The molecule has 0 aliphatic heterocycles. The van der Waals surface area contributed by atoms with Crippen LogP contribution in [-0.4, -0.2) is 28.3 Å². The lowest BCUT2D eigenvalue weighted by Gasteiger charge is -2.12. The summed E-state index contributed by atoms with van der Waals surface area (Å²) in [5, 5.41) is 7.77. The number of hydrogen-bond acceptors (Lipinski definition) is 5. The van der Waals surface area contributed by atoms with Crippen LogP contribution in [0, 0.1) is 6.92 Å². The molecule has 0 bridgehead atoms. The molecule has 2 aromatic rings. The zero-order valence-corrected chi connectivity index (χ0v) is 16.2. The van der Waals surface area contributed by atoms with Crippen molar-refractivity contribution in [2.75, 3.05) is 11.9 Å². The van der Waals surface area contributed by atoms with E-state index in [2.05, 4.69) is 10.4 Å². The Morgan fingerprint density at radius 2 is 2.15 bits per heavy atom. The molecular formula is C19H25N3O3S. The second-order valence-corrected chi connectivity index (χ2v) is 7.74. The molecule has 7 heteroatoms. The second-order valence-electron chi connectivity index (χ2n) is 6.63. The Hall–Kier alpha value is -2.15. The van der Waals surface area contributed by atoms with Crippen molar-refractivity contribution >= 4 is 28.2 Å². The SMILES string of the molecule is CCCOC(=O)c1c(NC(=O)CCn2cc(C)cn2)sc2c1CCCC2. The van der Waals surface area contributed by atoms with Gasteiger partial charge in [-0.15, -0.1) is 11.3 Å². The predicted octanol–water partition coefficient (Wildman–Crippen LogP) is 3.73. The molecule has 0 unspecified atom stereocenters. The number of ether oxygens (including phenoxy) is 1. The molecule has 1 aliphatic carbocycles. The van der Waals surface area contributed by atoms with Gasteiger partial charge >= 0.3 is 5.97 Å². The molecule has 0 fully saturated rings. The standard InChI is InChI=1S/C19H25N3O3S/c1-3-10-25-19(24)17-14-6-4-5-7-15(14)26-18(17)21-16(23)8-9-22-12-13(2)11-20-22/h11-12H,3-10H2,1-2H3,(H,21,23). The lowest BCUT2D eigenvalue weighted by molar-refractivity contribution is -0.116. The third kappa shape index (κ3) is 4.33. The third-order valence-corrected chi connectivity index (χ3v) is 5.60. The molecule has 0 saturated heterocycles. The Morgan fingerprint density at radius 3 is 2.88 bits per heavy atom. The first-order valence-electron chi connectivity index (χ1n) is 9.19. The Kier molecular flexibility index (Phi) is 6.08. The van der Waals surface area contributed by atoms with Gasteiger partial charge in [0.1, 0.15) is 5.00 Å². The van der Waals surface area contributed by atoms with E-state index < -0.39 is 0 Å². The van der Waals surface area contributed by atoms with E-state index in [-0.39, 0.29) is 11.9 Å². The number of hydrogen-bond donors (Lipinski definition) is 1. The van der Waals surface area contributed by atoms with Crippen LogP contribution in [0.15, 0.2) is 12.4 Å². The number of anilines is 1. The predicted molar refractivity (Wildman–Crippen MR) is 102 cm³/mol. The van der Waals surface area contributed by atoms with E-state index in [1.807, 2.05) is 20.0 Å². The van der Waals surface area contributed by atoms with Crippen molar-refractivity contribution in [3.63, 3.8) is 0 Å². The van der Waals surface area contributed by atoms with Crippen LogP contribution in [-0.2, 0) is 28.9 Å². The van der Waals surface area contributed by atoms with Gasteiger partial charge in [-0.1, -0.05) is 6.92 Å². The van der Waals surface area contributed by atoms with Gasteiger partial charge in [0.05, 0.1) is 18.4 Å². The van der Waals surface area contributed by atoms with Crippen LogP contribution in [0.25, 0.3) is 0 Å². The molecule has 6 nitrogen and oxygen atoms in total. The molecule has 26 heavy (non-hydrogen) atoms. The van der Waals surface area contributed by atoms with E-state index >= 15 is 0 Å². The number of rotatable bonds is 7. The van der Waals surface area contributed by atoms with Crippen molar-refractivity contribution < 1.29 is 14.3 Å². The van der Waals surface area contributed by atoms with Crippen LogP contribution in [0.2, 0.25) is 0 Å². The lowest BCUT2D eigenvalue weighted by atomic mass is 9.95. The van der Waals surface area contributed by atoms with Crippen molar-refractivity contribution in [3.8, 4) is 0 Å². The normalized spacial score (nSPS) is 13.3. The highest BCUT2D eigenvalue weighted by Gasteiger charge is 2.27.